The average Bonchev–Trinajstić information content (AvgIpc) is 2.80. The van der Waals surface area contributed by atoms with Crippen molar-refractivity contribution in [2.45, 2.75) is 90.0 Å². The molecule has 1 aliphatic carbocycles. The van der Waals surface area contributed by atoms with Crippen molar-refractivity contribution in [3.8, 4) is 0 Å². The molecule has 0 amide bonds. The van der Waals surface area contributed by atoms with Crippen LogP contribution in [0.3, 0.4) is 0 Å². The highest BCUT2D eigenvalue weighted by Crippen LogP contribution is 2.31. The van der Waals surface area contributed by atoms with E-state index in [1.165, 1.54) is 68.1 Å². The Balaban J connectivity index is 1.90. The van der Waals surface area contributed by atoms with E-state index in [0.717, 1.165) is 19.3 Å². The molecule has 1 aliphatic rings. The molecular weight excluding hydrogens is 294 g/mol. The van der Waals surface area contributed by atoms with Crippen molar-refractivity contribution in [3.05, 3.63) is 34.9 Å². The van der Waals surface area contributed by atoms with Gasteiger partial charge in [0.1, 0.15) is 0 Å². The molecular formula is C22H37NO. The molecule has 0 saturated heterocycles. The molecule has 1 aromatic rings. The summed E-state index contributed by atoms with van der Waals surface area (Å²) < 4.78 is 0. The Labute approximate surface area is 148 Å². The first-order valence-corrected chi connectivity index (χ1v) is 10.1. The van der Waals surface area contributed by atoms with Crippen molar-refractivity contribution in [2.24, 2.45) is 11.7 Å². The van der Waals surface area contributed by atoms with Crippen LogP contribution in [-0.2, 0) is 19.3 Å². The summed E-state index contributed by atoms with van der Waals surface area (Å²) in [6.45, 7) is 4.34. The number of fused-ring (bicyclic) bond motifs is 1. The molecule has 0 bridgehead atoms. The number of unbranched alkanes of at least 4 members (excludes halogenated alkanes) is 5. The molecule has 2 atom stereocenters. The SMILES string of the molecule is CCCCCCCCc1ccc2c(c1)CCC[C@H]([C@@](C)(N)CO)C2. The van der Waals surface area contributed by atoms with Crippen LogP contribution in [0.2, 0.25) is 0 Å². The van der Waals surface area contributed by atoms with E-state index in [1.54, 1.807) is 0 Å². The van der Waals surface area contributed by atoms with Crippen LogP contribution in [-0.4, -0.2) is 17.3 Å². The van der Waals surface area contributed by atoms with E-state index in [1.807, 2.05) is 6.92 Å². The monoisotopic (exact) mass is 331 g/mol. The molecule has 2 heteroatoms. The van der Waals surface area contributed by atoms with E-state index >= 15 is 0 Å². The molecule has 2 nitrogen and oxygen atoms in total. The summed E-state index contributed by atoms with van der Waals surface area (Å²) in [4.78, 5) is 0. The van der Waals surface area contributed by atoms with Crippen LogP contribution < -0.4 is 5.73 Å². The van der Waals surface area contributed by atoms with Gasteiger partial charge in [-0.15, -0.1) is 0 Å². The van der Waals surface area contributed by atoms with Gasteiger partial charge < -0.3 is 10.8 Å². The number of aliphatic hydroxyl groups excluding tert-OH is 1. The van der Waals surface area contributed by atoms with Gasteiger partial charge in [0.15, 0.2) is 0 Å². The van der Waals surface area contributed by atoms with Gasteiger partial charge in [-0.25, -0.2) is 0 Å². The van der Waals surface area contributed by atoms with Crippen molar-refractivity contribution in [3.63, 3.8) is 0 Å². The molecule has 136 valence electrons. The fourth-order valence-corrected chi connectivity index (χ4v) is 3.97. The normalized spacial score (nSPS) is 20.2. The molecule has 0 aromatic heterocycles. The Morgan fingerprint density at radius 2 is 1.88 bits per heavy atom. The fourth-order valence-electron chi connectivity index (χ4n) is 3.97. The van der Waals surface area contributed by atoms with E-state index in [4.69, 9.17) is 5.73 Å². The van der Waals surface area contributed by atoms with Gasteiger partial charge >= 0.3 is 0 Å². The highest BCUT2D eigenvalue weighted by atomic mass is 16.3. The zero-order valence-electron chi connectivity index (χ0n) is 15.8. The van der Waals surface area contributed by atoms with Gasteiger partial charge in [0.2, 0.25) is 0 Å². The minimum absolute atomic E-state index is 0.0725. The topological polar surface area (TPSA) is 46.2 Å². The maximum absolute atomic E-state index is 9.58. The van der Waals surface area contributed by atoms with Crippen LogP contribution in [0.1, 0.15) is 81.9 Å². The summed E-state index contributed by atoms with van der Waals surface area (Å²) >= 11 is 0. The third-order valence-corrected chi connectivity index (χ3v) is 5.83. The predicted octanol–water partition coefficient (Wildman–Crippen LogP) is 4.79. The summed E-state index contributed by atoms with van der Waals surface area (Å²) in [6, 6.07) is 7.09. The van der Waals surface area contributed by atoms with Crippen molar-refractivity contribution >= 4 is 0 Å². The molecule has 3 N–H and O–H groups in total. The first kappa shape index (κ1) is 19.5. The smallest absolute Gasteiger partial charge is 0.0611 e. The molecule has 0 aliphatic heterocycles. The van der Waals surface area contributed by atoms with Crippen LogP contribution in [0, 0.1) is 5.92 Å². The largest absolute Gasteiger partial charge is 0.394 e. The van der Waals surface area contributed by atoms with E-state index in [0.29, 0.717) is 5.92 Å². The van der Waals surface area contributed by atoms with Crippen molar-refractivity contribution in [2.75, 3.05) is 6.61 Å². The lowest BCUT2D eigenvalue weighted by Gasteiger charge is -2.32. The summed E-state index contributed by atoms with van der Waals surface area (Å²) in [5.41, 5.74) is 10.3. The van der Waals surface area contributed by atoms with Crippen LogP contribution in [0.4, 0.5) is 0 Å². The lowest BCUT2D eigenvalue weighted by atomic mass is 9.80. The lowest BCUT2D eigenvalue weighted by Crippen LogP contribution is -2.48. The number of benzene rings is 1. The second kappa shape index (κ2) is 9.58. The zero-order chi connectivity index (χ0) is 17.4. The maximum atomic E-state index is 9.58. The number of rotatable bonds is 9. The Kier molecular flexibility index (Phi) is 7.77. The molecule has 0 unspecified atom stereocenters. The molecule has 2 rings (SSSR count). The number of hydrogen-bond donors (Lipinski definition) is 2. The Morgan fingerprint density at radius 3 is 2.62 bits per heavy atom. The van der Waals surface area contributed by atoms with Crippen molar-refractivity contribution < 1.29 is 5.11 Å². The van der Waals surface area contributed by atoms with Crippen LogP contribution in [0.5, 0.6) is 0 Å². The average molecular weight is 332 g/mol. The highest BCUT2D eigenvalue weighted by molar-refractivity contribution is 5.34. The number of aryl methyl sites for hydroxylation is 2. The first-order valence-electron chi connectivity index (χ1n) is 10.1. The van der Waals surface area contributed by atoms with E-state index in [9.17, 15) is 5.11 Å². The van der Waals surface area contributed by atoms with E-state index in [-0.39, 0.29) is 6.61 Å². The van der Waals surface area contributed by atoms with Gasteiger partial charge in [0, 0.05) is 5.54 Å². The summed E-state index contributed by atoms with van der Waals surface area (Å²) in [5.74, 6) is 0.383. The maximum Gasteiger partial charge on any atom is 0.0611 e. The van der Waals surface area contributed by atoms with Gasteiger partial charge in [0.25, 0.3) is 0 Å². The van der Waals surface area contributed by atoms with Gasteiger partial charge in [-0.05, 0) is 68.1 Å². The summed E-state index contributed by atoms with van der Waals surface area (Å²) in [5, 5.41) is 9.58. The van der Waals surface area contributed by atoms with Gasteiger partial charge in [-0.3, -0.25) is 0 Å². The molecule has 0 fully saturated rings. The van der Waals surface area contributed by atoms with Crippen molar-refractivity contribution in [1.82, 2.24) is 0 Å². The third kappa shape index (κ3) is 5.60. The quantitative estimate of drug-likeness (QED) is 0.504. The Morgan fingerprint density at radius 1 is 1.12 bits per heavy atom. The first-order chi connectivity index (χ1) is 11.6. The number of hydrogen-bond acceptors (Lipinski definition) is 2. The Hall–Kier alpha value is -0.860. The van der Waals surface area contributed by atoms with Gasteiger partial charge in [-0.2, -0.15) is 0 Å². The molecule has 1 aromatic carbocycles. The Bertz CT molecular complexity index is 495. The second-order valence-corrected chi connectivity index (χ2v) is 8.08. The number of aliphatic hydroxyl groups is 1. The van der Waals surface area contributed by atoms with Gasteiger partial charge in [0.05, 0.1) is 6.61 Å². The minimum Gasteiger partial charge on any atom is -0.394 e. The molecule has 0 spiro atoms. The molecule has 0 saturated carbocycles. The summed E-state index contributed by atoms with van der Waals surface area (Å²) in [6.07, 6.45) is 13.9. The summed E-state index contributed by atoms with van der Waals surface area (Å²) in [7, 11) is 0. The van der Waals surface area contributed by atoms with E-state index < -0.39 is 5.54 Å². The number of nitrogens with two attached hydrogens (primary N) is 1. The molecule has 0 heterocycles. The molecule has 0 radical (unpaired) electrons. The van der Waals surface area contributed by atoms with Crippen LogP contribution in [0.25, 0.3) is 0 Å². The van der Waals surface area contributed by atoms with Crippen LogP contribution >= 0.6 is 0 Å². The third-order valence-electron chi connectivity index (χ3n) is 5.83. The predicted molar refractivity (Wildman–Crippen MR) is 103 cm³/mol. The van der Waals surface area contributed by atoms with Gasteiger partial charge in [-0.1, -0.05) is 57.2 Å². The lowest BCUT2D eigenvalue weighted by molar-refractivity contribution is 0.148. The standard InChI is InChI=1S/C22H37NO/c1-3-4-5-6-7-8-10-18-13-14-20-16-21(22(2,23)17-24)12-9-11-19(20)15-18/h13-15,21,24H,3-12,16-17,23H2,1-2H3/t21-,22-/m0/s1. The van der Waals surface area contributed by atoms with E-state index in [2.05, 4.69) is 25.1 Å². The zero-order valence-corrected chi connectivity index (χ0v) is 15.8. The van der Waals surface area contributed by atoms with Crippen molar-refractivity contribution in [1.29, 1.82) is 0 Å². The fraction of sp³-hybridized carbons (Fsp3) is 0.727. The minimum atomic E-state index is -0.460. The molecule has 24 heavy (non-hydrogen) atoms. The van der Waals surface area contributed by atoms with Crippen LogP contribution in [0.15, 0.2) is 18.2 Å². The highest BCUT2D eigenvalue weighted by Gasteiger charge is 2.31. The second-order valence-electron chi connectivity index (χ2n) is 8.08.